The van der Waals surface area contributed by atoms with Gasteiger partial charge in [-0.3, -0.25) is 4.72 Å². The van der Waals surface area contributed by atoms with E-state index in [1.807, 2.05) is 6.07 Å². The molecule has 0 saturated carbocycles. The molecule has 2 aromatic rings. The van der Waals surface area contributed by atoms with Crippen LogP contribution in [-0.2, 0) is 10.0 Å². The van der Waals surface area contributed by atoms with Gasteiger partial charge in [0.15, 0.2) is 0 Å². The highest BCUT2D eigenvalue weighted by atomic mass is 79.9. The van der Waals surface area contributed by atoms with Gasteiger partial charge in [-0.25, -0.2) is 13.4 Å². The Kier molecular flexibility index (Phi) is 4.28. The zero-order valence-corrected chi connectivity index (χ0v) is 13.0. The maximum absolute atomic E-state index is 12.1. The van der Waals surface area contributed by atoms with Crippen LogP contribution in [0.3, 0.4) is 0 Å². The Bertz CT molecular complexity index is 785. The lowest BCUT2D eigenvalue weighted by Crippen LogP contribution is -2.13. The fourth-order valence-electron chi connectivity index (χ4n) is 1.39. The van der Waals surface area contributed by atoms with Crippen LogP contribution in [0, 0.1) is 11.3 Å². The minimum atomic E-state index is -3.80. The van der Waals surface area contributed by atoms with Gasteiger partial charge in [0.25, 0.3) is 10.0 Å². The van der Waals surface area contributed by atoms with Crippen molar-refractivity contribution in [2.24, 2.45) is 0 Å². The molecule has 1 heterocycles. The van der Waals surface area contributed by atoms with Crippen molar-refractivity contribution in [2.45, 2.75) is 4.90 Å². The number of sulfonamides is 1. The predicted molar refractivity (Wildman–Crippen MR) is 78.9 cm³/mol. The van der Waals surface area contributed by atoms with E-state index in [4.69, 9.17) is 16.9 Å². The van der Waals surface area contributed by atoms with Crippen LogP contribution in [0.25, 0.3) is 0 Å². The Balaban J connectivity index is 2.33. The molecule has 1 N–H and O–H groups in total. The maximum atomic E-state index is 12.1. The van der Waals surface area contributed by atoms with Gasteiger partial charge in [0, 0.05) is 10.7 Å². The molecule has 2 rings (SSSR count). The standard InChI is InChI=1S/C12H7BrClN3O2S/c13-9-2-4-12(16-7-9)17-20(18,19)10-3-1-8(6-15)11(14)5-10/h1-5,7H,(H,16,17). The normalized spacial score (nSPS) is 10.8. The van der Waals surface area contributed by atoms with Gasteiger partial charge in [0.05, 0.1) is 15.5 Å². The van der Waals surface area contributed by atoms with Crippen LogP contribution < -0.4 is 4.72 Å². The molecule has 0 unspecified atom stereocenters. The molecule has 0 saturated heterocycles. The van der Waals surface area contributed by atoms with Crippen LogP contribution in [0.2, 0.25) is 5.02 Å². The van der Waals surface area contributed by atoms with Gasteiger partial charge >= 0.3 is 0 Å². The van der Waals surface area contributed by atoms with Crippen molar-refractivity contribution >= 4 is 43.4 Å². The Labute approximate surface area is 129 Å². The van der Waals surface area contributed by atoms with Gasteiger partial charge in [0.1, 0.15) is 11.9 Å². The van der Waals surface area contributed by atoms with E-state index in [1.165, 1.54) is 30.5 Å². The molecule has 0 aliphatic heterocycles. The van der Waals surface area contributed by atoms with Crippen LogP contribution in [0.1, 0.15) is 5.56 Å². The molecule has 0 amide bonds. The predicted octanol–water partition coefficient (Wildman–Crippen LogP) is 3.17. The van der Waals surface area contributed by atoms with Gasteiger partial charge in [0.2, 0.25) is 0 Å². The summed E-state index contributed by atoms with van der Waals surface area (Å²) in [6.07, 6.45) is 1.48. The van der Waals surface area contributed by atoms with Crippen molar-refractivity contribution in [1.82, 2.24) is 4.98 Å². The quantitative estimate of drug-likeness (QED) is 0.897. The van der Waals surface area contributed by atoms with Gasteiger partial charge in [-0.05, 0) is 46.3 Å². The summed E-state index contributed by atoms with van der Waals surface area (Å²) in [5.74, 6) is 0.189. The van der Waals surface area contributed by atoms with Crippen molar-refractivity contribution in [1.29, 1.82) is 5.26 Å². The zero-order valence-electron chi connectivity index (χ0n) is 9.84. The number of pyridine rings is 1. The van der Waals surface area contributed by atoms with E-state index in [9.17, 15) is 8.42 Å². The largest absolute Gasteiger partial charge is 0.263 e. The van der Waals surface area contributed by atoms with Crippen LogP contribution >= 0.6 is 27.5 Å². The Hall–Kier alpha value is -1.62. The SMILES string of the molecule is N#Cc1ccc(S(=O)(=O)Nc2ccc(Br)cn2)cc1Cl. The lowest BCUT2D eigenvalue weighted by molar-refractivity contribution is 0.601. The Morgan fingerprint density at radius 1 is 1.30 bits per heavy atom. The fraction of sp³-hybridized carbons (Fsp3) is 0. The summed E-state index contributed by atoms with van der Waals surface area (Å²) in [5, 5.41) is 8.84. The molecule has 102 valence electrons. The number of nitriles is 1. The maximum Gasteiger partial charge on any atom is 0.263 e. The molecular weight excluding hydrogens is 366 g/mol. The van der Waals surface area contributed by atoms with E-state index in [1.54, 1.807) is 6.07 Å². The van der Waals surface area contributed by atoms with Crippen molar-refractivity contribution < 1.29 is 8.42 Å². The average Bonchev–Trinajstić information content (AvgIpc) is 2.41. The summed E-state index contributed by atoms with van der Waals surface area (Å²) in [5.41, 5.74) is 0.215. The second kappa shape index (κ2) is 5.79. The number of hydrogen-bond acceptors (Lipinski definition) is 4. The third kappa shape index (κ3) is 3.28. The number of hydrogen-bond donors (Lipinski definition) is 1. The van der Waals surface area contributed by atoms with Crippen LogP contribution in [0.15, 0.2) is 45.9 Å². The first-order chi connectivity index (χ1) is 9.42. The van der Waals surface area contributed by atoms with Crippen molar-refractivity contribution in [2.75, 3.05) is 4.72 Å². The molecule has 0 spiro atoms. The molecule has 0 bridgehead atoms. The molecule has 0 fully saturated rings. The van der Waals surface area contributed by atoms with E-state index in [0.29, 0.717) is 0 Å². The third-order valence-electron chi connectivity index (χ3n) is 2.34. The van der Waals surface area contributed by atoms with Crippen molar-refractivity contribution in [3.05, 3.63) is 51.6 Å². The summed E-state index contributed by atoms with van der Waals surface area (Å²) < 4.78 is 27.3. The highest BCUT2D eigenvalue weighted by Gasteiger charge is 2.16. The molecule has 8 heteroatoms. The van der Waals surface area contributed by atoms with E-state index >= 15 is 0 Å². The molecule has 0 radical (unpaired) electrons. The first kappa shape index (κ1) is 14.8. The topological polar surface area (TPSA) is 82.8 Å². The number of anilines is 1. The molecular formula is C12H7BrClN3O2S. The molecule has 1 aromatic carbocycles. The van der Waals surface area contributed by atoms with E-state index in [2.05, 4.69) is 25.6 Å². The summed E-state index contributed by atoms with van der Waals surface area (Å²) in [6, 6.07) is 8.94. The third-order valence-corrected chi connectivity index (χ3v) is 4.47. The minimum absolute atomic E-state index is 0.0359. The van der Waals surface area contributed by atoms with Crippen LogP contribution in [0.4, 0.5) is 5.82 Å². The number of nitrogens with zero attached hydrogens (tertiary/aromatic N) is 2. The molecule has 1 aromatic heterocycles. The summed E-state index contributed by atoms with van der Waals surface area (Å²) in [7, 11) is -3.80. The molecule has 0 atom stereocenters. The Morgan fingerprint density at radius 2 is 2.05 bits per heavy atom. The molecule has 20 heavy (non-hydrogen) atoms. The number of rotatable bonds is 3. The Morgan fingerprint density at radius 3 is 2.60 bits per heavy atom. The van der Waals surface area contributed by atoms with E-state index in [0.717, 1.165) is 4.47 Å². The second-order valence-corrected chi connectivity index (χ2v) is 6.73. The van der Waals surface area contributed by atoms with Gasteiger partial charge in [-0.1, -0.05) is 11.6 Å². The second-order valence-electron chi connectivity index (χ2n) is 3.72. The number of nitrogens with one attached hydrogen (secondary N) is 1. The molecule has 5 nitrogen and oxygen atoms in total. The first-order valence-electron chi connectivity index (χ1n) is 5.26. The van der Waals surface area contributed by atoms with Crippen molar-refractivity contribution in [3.8, 4) is 6.07 Å². The lowest BCUT2D eigenvalue weighted by atomic mass is 10.2. The van der Waals surface area contributed by atoms with E-state index < -0.39 is 10.0 Å². The van der Waals surface area contributed by atoms with Crippen LogP contribution in [-0.4, -0.2) is 13.4 Å². The average molecular weight is 373 g/mol. The minimum Gasteiger partial charge on any atom is -0.263 e. The van der Waals surface area contributed by atoms with Gasteiger partial charge in [-0.15, -0.1) is 0 Å². The van der Waals surface area contributed by atoms with Crippen LogP contribution in [0.5, 0.6) is 0 Å². The first-order valence-corrected chi connectivity index (χ1v) is 7.92. The summed E-state index contributed by atoms with van der Waals surface area (Å²) in [6.45, 7) is 0. The summed E-state index contributed by atoms with van der Waals surface area (Å²) in [4.78, 5) is 3.89. The van der Waals surface area contributed by atoms with E-state index in [-0.39, 0.29) is 21.3 Å². The van der Waals surface area contributed by atoms with Crippen molar-refractivity contribution in [3.63, 3.8) is 0 Å². The lowest BCUT2D eigenvalue weighted by Gasteiger charge is -2.08. The zero-order chi connectivity index (χ0) is 14.8. The summed E-state index contributed by atoms with van der Waals surface area (Å²) >= 11 is 9.03. The smallest absolute Gasteiger partial charge is 0.263 e. The highest BCUT2D eigenvalue weighted by molar-refractivity contribution is 9.10. The molecule has 0 aliphatic rings. The molecule has 0 aliphatic carbocycles. The number of halogens is 2. The number of aromatic nitrogens is 1. The fourth-order valence-corrected chi connectivity index (χ4v) is 2.94. The van der Waals surface area contributed by atoms with Gasteiger partial charge < -0.3 is 0 Å². The van der Waals surface area contributed by atoms with Gasteiger partial charge in [-0.2, -0.15) is 5.26 Å². The monoisotopic (exact) mass is 371 g/mol. The number of benzene rings is 1. The highest BCUT2D eigenvalue weighted by Crippen LogP contribution is 2.22.